The molecule has 1 fully saturated rings. The van der Waals surface area contributed by atoms with Crippen LogP contribution in [0.2, 0.25) is 5.02 Å². The van der Waals surface area contributed by atoms with Gasteiger partial charge in [0.1, 0.15) is 18.0 Å². The highest BCUT2D eigenvalue weighted by atomic mass is 35.5. The third-order valence-corrected chi connectivity index (χ3v) is 5.52. The lowest BCUT2D eigenvalue weighted by Gasteiger charge is -2.34. The Balaban J connectivity index is 1.39. The van der Waals surface area contributed by atoms with Crippen LogP contribution in [0.1, 0.15) is 35.7 Å². The highest BCUT2D eigenvalue weighted by molar-refractivity contribution is 6.30. The number of ether oxygens (including phenoxy) is 1. The number of rotatable bonds is 9. The summed E-state index contributed by atoms with van der Waals surface area (Å²) in [5.74, 6) is 0.498. The number of carbonyl (C=O) groups excluding carboxylic acids is 1. The van der Waals surface area contributed by atoms with Crippen molar-refractivity contribution < 1.29 is 14.6 Å². The second-order valence-electron chi connectivity index (χ2n) is 8.00. The molecule has 0 spiro atoms. The van der Waals surface area contributed by atoms with Gasteiger partial charge in [-0.05, 0) is 62.7 Å². The summed E-state index contributed by atoms with van der Waals surface area (Å²) in [5.41, 5.74) is 0.747. The van der Waals surface area contributed by atoms with Crippen LogP contribution < -0.4 is 10.1 Å². The van der Waals surface area contributed by atoms with E-state index in [1.165, 1.54) is 5.56 Å². The van der Waals surface area contributed by atoms with Crippen molar-refractivity contribution >= 4 is 17.9 Å². The Labute approximate surface area is 177 Å². The summed E-state index contributed by atoms with van der Waals surface area (Å²) in [6.07, 6.45) is 2.84. The molecule has 5 nitrogen and oxygen atoms in total. The monoisotopic (exact) mass is 416 g/mol. The van der Waals surface area contributed by atoms with Crippen molar-refractivity contribution in [2.24, 2.45) is 0 Å². The van der Waals surface area contributed by atoms with Crippen LogP contribution in [0.25, 0.3) is 0 Å². The second-order valence-corrected chi connectivity index (χ2v) is 8.44. The number of aliphatic hydroxyl groups is 1. The molecule has 3 rings (SSSR count). The first kappa shape index (κ1) is 21.8. The van der Waals surface area contributed by atoms with Crippen LogP contribution in [-0.2, 0) is 6.54 Å². The third-order valence-electron chi connectivity index (χ3n) is 5.26. The van der Waals surface area contributed by atoms with Crippen molar-refractivity contribution in [1.29, 1.82) is 0 Å². The van der Waals surface area contributed by atoms with Gasteiger partial charge < -0.3 is 15.2 Å². The van der Waals surface area contributed by atoms with Crippen LogP contribution in [0.4, 0.5) is 0 Å². The molecular weight excluding hydrogens is 388 g/mol. The average molecular weight is 417 g/mol. The number of para-hydroxylation sites is 1. The van der Waals surface area contributed by atoms with Gasteiger partial charge in [-0.15, -0.1) is 0 Å². The zero-order valence-electron chi connectivity index (χ0n) is 16.8. The van der Waals surface area contributed by atoms with Gasteiger partial charge >= 0.3 is 0 Å². The molecular formula is C23H29ClN2O3. The van der Waals surface area contributed by atoms with Gasteiger partial charge in [-0.2, -0.15) is 0 Å². The predicted molar refractivity (Wildman–Crippen MR) is 116 cm³/mol. The lowest BCUT2D eigenvalue weighted by atomic mass is 10.0. The molecule has 6 heteroatoms. The number of piperidine rings is 1. The van der Waals surface area contributed by atoms with Crippen molar-refractivity contribution in [2.75, 3.05) is 26.2 Å². The van der Waals surface area contributed by atoms with Crippen LogP contribution in [0.15, 0.2) is 48.5 Å². The molecule has 1 saturated heterocycles. The molecule has 0 amide bonds. The van der Waals surface area contributed by atoms with Gasteiger partial charge in [-0.3, -0.25) is 9.69 Å². The van der Waals surface area contributed by atoms with Crippen LogP contribution in [0, 0.1) is 0 Å². The first-order valence-corrected chi connectivity index (χ1v) is 10.4. The molecule has 0 aromatic heterocycles. The number of carbonyl (C=O) groups is 1. The second kappa shape index (κ2) is 10.2. The van der Waals surface area contributed by atoms with E-state index in [9.17, 15) is 9.90 Å². The molecule has 2 aromatic rings. The summed E-state index contributed by atoms with van der Waals surface area (Å²) in [5, 5.41) is 14.9. The van der Waals surface area contributed by atoms with Gasteiger partial charge in [-0.1, -0.05) is 35.9 Å². The zero-order valence-corrected chi connectivity index (χ0v) is 17.6. The fourth-order valence-electron chi connectivity index (χ4n) is 3.50. The van der Waals surface area contributed by atoms with E-state index < -0.39 is 5.60 Å². The Morgan fingerprint density at radius 1 is 1.21 bits per heavy atom. The largest absolute Gasteiger partial charge is 0.490 e. The predicted octanol–water partition coefficient (Wildman–Crippen LogP) is 3.54. The minimum Gasteiger partial charge on any atom is -0.490 e. The lowest BCUT2D eigenvalue weighted by Crippen LogP contribution is -2.49. The summed E-state index contributed by atoms with van der Waals surface area (Å²) in [6.45, 7) is 5.29. The number of hydrogen-bond acceptors (Lipinski definition) is 5. The molecule has 2 N–H and O–H groups in total. The maximum Gasteiger partial charge on any atom is 0.153 e. The minimum absolute atomic E-state index is 0.125. The van der Waals surface area contributed by atoms with Gasteiger partial charge in [-0.25, -0.2) is 0 Å². The van der Waals surface area contributed by atoms with Crippen molar-refractivity contribution in [3.63, 3.8) is 0 Å². The molecule has 156 valence electrons. The van der Waals surface area contributed by atoms with Crippen LogP contribution in [0.5, 0.6) is 5.75 Å². The Kier molecular flexibility index (Phi) is 7.67. The molecule has 0 aliphatic carbocycles. The molecule has 0 bridgehead atoms. The SMILES string of the molecule is C[C@](O)(CNC1CCN(Cc2ccc(Cl)cc2)CC1)COc1ccccc1C=O. The number of nitrogens with zero attached hydrogens (tertiary/aromatic N) is 1. The van der Waals surface area contributed by atoms with E-state index >= 15 is 0 Å². The standard InChI is InChI=1S/C23H29ClN2O3/c1-23(28,17-29-22-5-3-2-4-19(22)15-27)16-25-21-10-12-26(13-11-21)14-18-6-8-20(24)9-7-18/h2-9,15,21,25,28H,10-14,16-17H2,1H3/t23-/m0/s1. The van der Waals surface area contributed by atoms with Crippen molar-refractivity contribution in [3.05, 3.63) is 64.7 Å². The average Bonchev–Trinajstić information content (AvgIpc) is 2.74. The molecule has 0 saturated carbocycles. The number of hydrogen-bond donors (Lipinski definition) is 2. The molecule has 1 heterocycles. The van der Waals surface area contributed by atoms with E-state index in [4.69, 9.17) is 16.3 Å². The van der Waals surface area contributed by atoms with Gasteiger partial charge in [0.05, 0.1) is 5.56 Å². The van der Waals surface area contributed by atoms with Gasteiger partial charge in [0, 0.05) is 24.2 Å². The van der Waals surface area contributed by atoms with Gasteiger partial charge in [0.25, 0.3) is 0 Å². The first-order chi connectivity index (χ1) is 13.9. The van der Waals surface area contributed by atoms with Crippen LogP contribution in [-0.4, -0.2) is 54.2 Å². The molecule has 0 unspecified atom stereocenters. The van der Waals surface area contributed by atoms with Gasteiger partial charge in [0.15, 0.2) is 6.29 Å². The summed E-state index contributed by atoms with van der Waals surface area (Å²) in [6, 6.07) is 15.4. The number of aldehydes is 1. The highest BCUT2D eigenvalue weighted by Crippen LogP contribution is 2.19. The van der Waals surface area contributed by atoms with Crippen molar-refractivity contribution in [3.8, 4) is 5.75 Å². The number of benzene rings is 2. The molecule has 1 aliphatic heterocycles. The smallest absolute Gasteiger partial charge is 0.153 e. The molecule has 2 aromatic carbocycles. The summed E-state index contributed by atoms with van der Waals surface area (Å²) in [4.78, 5) is 13.5. The number of halogens is 1. The van der Waals surface area contributed by atoms with Crippen molar-refractivity contribution in [1.82, 2.24) is 10.2 Å². The molecule has 1 atom stereocenters. The maximum atomic E-state index is 11.1. The fraction of sp³-hybridized carbons (Fsp3) is 0.435. The molecule has 29 heavy (non-hydrogen) atoms. The van der Waals surface area contributed by atoms with E-state index in [2.05, 4.69) is 22.3 Å². The summed E-state index contributed by atoms with van der Waals surface area (Å²) < 4.78 is 5.69. The van der Waals surface area contributed by atoms with Crippen molar-refractivity contribution in [2.45, 2.75) is 38.0 Å². The van der Waals surface area contributed by atoms with E-state index in [-0.39, 0.29) is 6.61 Å². The maximum absolute atomic E-state index is 11.1. The normalized spacial score (nSPS) is 17.6. The Morgan fingerprint density at radius 2 is 1.90 bits per heavy atom. The quantitative estimate of drug-likeness (QED) is 0.612. The fourth-order valence-corrected chi connectivity index (χ4v) is 3.63. The first-order valence-electron chi connectivity index (χ1n) is 10.0. The highest BCUT2D eigenvalue weighted by Gasteiger charge is 2.25. The Bertz CT molecular complexity index is 787. The van der Waals surface area contributed by atoms with E-state index in [0.717, 1.165) is 43.8 Å². The number of likely N-dealkylation sites (tertiary alicyclic amines) is 1. The van der Waals surface area contributed by atoms with Crippen LogP contribution in [0.3, 0.4) is 0 Å². The number of nitrogens with one attached hydrogen (secondary N) is 1. The lowest BCUT2D eigenvalue weighted by molar-refractivity contribution is 0.00796. The van der Waals surface area contributed by atoms with E-state index in [1.807, 2.05) is 18.2 Å². The van der Waals surface area contributed by atoms with E-state index in [0.29, 0.717) is 23.9 Å². The third kappa shape index (κ3) is 6.82. The van der Waals surface area contributed by atoms with E-state index in [1.54, 1.807) is 25.1 Å². The van der Waals surface area contributed by atoms with Gasteiger partial charge in [0.2, 0.25) is 0 Å². The topological polar surface area (TPSA) is 61.8 Å². The molecule has 0 radical (unpaired) electrons. The Hall–Kier alpha value is -1.92. The van der Waals surface area contributed by atoms with Crippen LogP contribution >= 0.6 is 11.6 Å². The summed E-state index contributed by atoms with van der Waals surface area (Å²) in [7, 11) is 0. The Morgan fingerprint density at radius 3 is 2.59 bits per heavy atom. The molecule has 1 aliphatic rings. The summed E-state index contributed by atoms with van der Waals surface area (Å²) >= 11 is 5.95. The minimum atomic E-state index is -1.02. The zero-order chi connectivity index (χ0) is 20.7.